The van der Waals surface area contributed by atoms with Gasteiger partial charge in [-0.1, -0.05) is 6.07 Å². The van der Waals surface area contributed by atoms with Gasteiger partial charge in [0.25, 0.3) is 0 Å². The average Bonchev–Trinajstić information content (AvgIpc) is 2.74. The zero-order valence-corrected chi connectivity index (χ0v) is 10.1. The number of hydrogen-bond acceptors (Lipinski definition) is 4. The van der Waals surface area contributed by atoms with Gasteiger partial charge >= 0.3 is 0 Å². The third kappa shape index (κ3) is 2.48. The second-order valence-electron chi connectivity index (χ2n) is 3.25. The topological polar surface area (TPSA) is 29.0 Å². The van der Waals surface area contributed by atoms with E-state index < -0.39 is 5.82 Å². The molecule has 0 aliphatic rings. The summed E-state index contributed by atoms with van der Waals surface area (Å²) >= 11 is 7.25. The standard InChI is InChI=1S/C10H9ClFN3S/c1-15(6-7-3-2-4-16-7)9-8(12)5-13-10(11)14-9/h2-5H,6H2,1H3. The van der Waals surface area contributed by atoms with E-state index in [1.54, 1.807) is 23.3 Å². The van der Waals surface area contributed by atoms with E-state index in [1.165, 1.54) is 0 Å². The fourth-order valence-electron chi connectivity index (χ4n) is 1.32. The van der Waals surface area contributed by atoms with E-state index in [2.05, 4.69) is 9.97 Å². The summed E-state index contributed by atoms with van der Waals surface area (Å²) in [6, 6.07) is 3.94. The Morgan fingerprint density at radius 3 is 3.06 bits per heavy atom. The van der Waals surface area contributed by atoms with Crippen molar-refractivity contribution in [2.75, 3.05) is 11.9 Å². The molecule has 16 heavy (non-hydrogen) atoms. The Balaban J connectivity index is 2.20. The Labute approximate surface area is 102 Å². The summed E-state index contributed by atoms with van der Waals surface area (Å²) in [4.78, 5) is 10.3. The zero-order valence-electron chi connectivity index (χ0n) is 8.52. The Hall–Kier alpha value is -1.20. The maximum absolute atomic E-state index is 13.4. The molecule has 0 unspecified atom stereocenters. The summed E-state index contributed by atoms with van der Waals surface area (Å²) in [7, 11) is 1.77. The van der Waals surface area contributed by atoms with Crippen LogP contribution in [0.1, 0.15) is 4.88 Å². The smallest absolute Gasteiger partial charge is 0.224 e. The maximum Gasteiger partial charge on any atom is 0.224 e. The molecule has 0 saturated carbocycles. The lowest BCUT2D eigenvalue weighted by Gasteiger charge is -2.17. The molecule has 2 heterocycles. The van der Waals surface area contributed by atoms with E-state index in [-0.39, 0.29) is 11.1 Å². The summed E-state index contributed by atoms with van der Waals surface area (Å²) < 4.78 is 13.4. The van der Waals surface area contributed by atoms with Crippen LogP contribution in [0, 0.1) is 5.82 Å². The summed E-state index contributed by atoms with van der Waals surface area (Å²) in [5.74, 6) is -0.253. The number of nitrogens with zero attached hydrogens (tertiary/aromatic N) is 3. The second-order valence-corrected chi connectivity index (χ2v) is 4.62. The quantitative estimate of drug-likeness (QED) is 0.792. The van der Waals surface area contributed by atoms with Crippen molar-refractivity contribution in [2.45, 2.75) is 6.54 Å². The van der Waals surface area contributed by atoms with Gasteiger partial charge in [-0.05, 0) is 23.0 Å². The molecule has 0 atom stereocenters. The summed E-state index contributed by atoms with van der Waals surface area (Å²) in [6.45, 7) is 0.599. The summed E-state index contributed by atoms with van der Waals surface area (Å²) in [5, 5.41) is 2.03. The Morgan fingerprint density at radius 2 is 2.38 bits per heavy atom. The van der Waals surface area contributed by atoms with Gasteiger partial charge in [-0.2, -0.15) is 4.98 Å². The first-order valence-corrected chi connectivity index (χ1v) is 5.84. The largest absolute Gasteiger partial charge is 0.352 e. The Bertz CT molecular complexity index is 475. The van der Waals surface area contributed by atoms with Gasteiger partial charge in [0.15, 0.2) is 11.6 Å². The number of rotatable bonds is 3. The van der Waals surface area contributed by atoms with Crippen molar-refractivity contribution in [3.05, 3.63) is 39.7 Å². The van der Waals surface area contributed by atoms with Crippen molar-refractivity contribution in [1.82, 2.24) is 9.97 Å². The predicted octanol–water partition coefficient (Wildman–Crippen LogP) is 2.97. The molecule has 84 valence electrons. The van der Waals surface area contributed by atoms with Gasteiger partial charge in [0, 0.05) is 11.9 Å². The van der Waals surface area contributed by atoms with Gasteiger partial charge < -0.3 is 4.90 Å². The fraction of sp³-hybridized carbons (Fsp3) is 0.200. The highest BCUT2D eigenvalue weighted by Gasteiger charge is 2.11. The van der Waals surface area contributed by atoms with E-state index in [0.29, 0.717) is 6.54 Å². The van der Waals surface area contributed by atoms with Crippen molar-refractivity contribution in [2.24, 2.45) is 0 Å². The first-order chi connectivity index (χ1) is 7.66. The highest BCUT2D eigenvalue weighted by atomic mass is 35.5. The molecular formula is C10H9ClFN3S. The molecule has 2 rings (SSSR count). The molecule has 0 aliphatic carbocycles. The lowest BCUT2D eigenvalue weighted by Crippen LogP contribution is -2.18. The highest BCUT2D eigenvalue weighted by Crippen LogP contribution is 2.19. The number of thiophene rings is 1. The molecule has 0 aromatic carbocycles. The first-order valence-electron chi connectivity index (χ1n) is 4.58. The van der Waals surface area contributed by atoms with E-state index >= 15 is 0 Å². The molecule has 0 fully saturated rings. The van der Waals surface area contributed by atoms with E-state index in [0.717, 1.165) is 11.1 Å². The molecule has 0 spiro atoms. The van der Waals surface area contributed by atoms with Gasteiger partial charge in [-0.3, -0.25) is 0 Å². The summed E-state index contributed by atoms with van der Waals surface area (Å²) in [5.41, 5.74) is 0. The van der Waals surface area contributed by atoms with Crippen LogP contribution >= 0.6 is 22.9 Å². The number of hydrogen-bond donors (Lipinski definition) is 0. The zero-order chi connectivity index (χ0) is 11.5. The lowest BCUT2D eigenvalue weighted by molar-refractivity contribution is 0.607. The minimum absolute atomic E-state index is 0.0504. The van der Waals surface area contributed by atoms with Gasteiger partial charge in [0.05, 0.1) is 12.7 Å². The van der Waals surface area contributed by atoms with Crippen LogP contribution in [0.3, 0.4) is 0 Å². The van der Waals surface area contributed by atoms with Crippen LogP contribution in [0.25, 0.3) is 0 Å². The molecule has 0 aliphatic heterocycles. The maximum atomic E-state index is 13.4. The average molecular weight is 258 g/mol. The van der Waals surface area contributed by atoms with Gasteiger partial charge in [0.1, 0.15) is 0 Å². The molecule has 0 amide bonds. The predicted molar refractivity (Wildman–Crippen MR) is 63.4 cm³/mol. The summed E-state index contributed by atoms with van der Waals surface area (Å²) in [6.07, 6.45) is 1.08. The molecule has 2 aromatic rings. The van der Waals surface area contributed by atoms with Gasteiger partial charge in [0.2, 0.25) is 5.28 Å². The van der Waals surface area contributed by atoms with Crippen LogP contribution in [0.2, 0.25) is 5.28 Å². The molecule has 3 nitrogen and oxygen atoms in total. The minimum atomic E-state index is -0.469. The molecule has 6 heteroatoms. The molecule has 0 radical (unpaired) electrons. The molecule has 0 N–H and O–H groups in total. The second kappa shape index (κ2) is 4.76. The monoisotopic (exact) mass is 257 g/mol. The van der Waals surface area contributed by atoms with Crippen molar-refractivity contribution >= 4 is 28.8 Å². The normalized spacial score (nSPS) is 10.4. The number of aromatic nitrogens is 2. The molecule has 2 aromatic heterocycles. The van der Waals surface area contributed by atoms with Crippen LogP contribution < -0.4 is 4.90 Å². The van der Waals surface area contributed by atoms with Crippen LogP contribution in [0.15, 0.2) is 23.7 Å². The fourth-order valence-corrected chi connectivity index (χ4v) is 2.20. The van der Waals surface area contributed by atoms with E-state index in [9.17, 15) is 4.39 Å². The van der Waals surface area contributed by atoms with Gasteiger partial charge in [-0.25, -0.2) is 9.37 Å². The van der Waals surface area contributed by atoms with E-state index in [1.807, 2.05) is 17.5 Å². The Kier molecular flexibility index (Phi) is 3.36. The number of anilines is 1. The third-order valence-electron chi connectivity index (χ3n) is 2.03. The van der Waals surface area contributed by atoms with Crippen molar-refractivity contribution in [1.29, 1.82) is 0 Å². The SMILES string of the molecule is CN(Cc1cccs1)c1nc(Cl)ncc1F. The lowest BCUT2D eigenvalue weighted by atomic mass is 10.4. The van der Waals surface area contributed by atoms with Crippen LogP contribution in [0.4, 0.5) is 10.2 Å². The minimum Gasteiger partial charge on any atom is -0.352 e. The van der Waals surface area contributed by atoms with Crippen molar-refractivity contribution < 1.29 is 4.39 Å². The van der Waals surface area contributed by atoms with Gasteiger partial charge in [-0.15, -0.1) is 11.3 Å². The molecule has 0 saturated heterocycles. The van der Waals surface area contributed by atoms with Crippen LogP contribution in [0.5, 0.6) is 0 Å². The first kappa shape index (κ1) is 11.3. The van der Waals surface area contributed by atoms with Crippen molar-refractivity contribution in [3.63, 3.8) is 0 Å². The van der Waals surface area contributed by atoms with Crippen molar-refractivity contribution in [3.8, 4) is 0 Å². The molecular weight excluding hydrogens is 249 g/mol. The molecule has 0 bridgehead atoms. The third-order valence-corrected chi connectivity index (χ3v) is 3.07. The van der Waals surface area contributed by atoms with E-state index in [4.69, 9.17) is 11.6 Å². The number of halogens is 2. The Morgan fingerprint density at radius 1 is 1.56 bits per heavy atom. The highest BCUT2D eigenvalue weighted by molar-refractivity contribution is 7.09. The van der Waals surface area contributed by atoms with Crippen LogP contribution in [-0.2, 0) is 6.54 Å². The van der Waals surface area contributed by atoms with Crippen LogP contribution in [-0.4, -0.2) is 17.0 Å².